The maximum Gasteiger partial charge on any atom is 0.248 e. The molecule has 1 fully saturated rings. The third-order valence-electron chi connectivity index (χ3n) is 3.10. The minimum Gasteiger partial charge on any atom is -0.398 e. The highest BCUT2D eigenvalue weighted by atomic mass is 32.2. The minimum absolute atomic E-state index is 0.140. The second-order valence-corrected chi connectivity index (χ2v) is 5.51. The number of nitrogens with zero attached hydrogens (tertiary/aromatic N) is 1. The smallest absolute Gasteiger partial charge is 0.248 e. The van der Waals surface area contributed by atoms with Crippen LogP contribution in [0, 0.1) is 0 Å². The van der Waals surface area contributed by atoms with Crippen molar-refractivity contribution in [3.8, 4) is 0 Å². The van der Waals surface area contributed by atoms with Crippen molar-refractivity contribution < 1.29 is 9.59 Å². The summed E-state index contributed by atoms with van der Waals surface area (Å²) < 4.78 is 0. The lowest BCUT2D eigenvalue weighted by atomic mass is 10.2. The number of amides is 2. The fourth-order valence-electron chi connectivity index (χ4n) is 2.03. The highest BCUT2D eigenvalue weighted by Gasteiger charge is 2.18. The summed E-state index contributed by atoms with van der Waals surface area (Å²) in [5.74, 6) is 0.0115. The van der Waals surface area contributed by atoms with Gasteiger partial charge in [-0.15, -0.1) is 11.8 Å². The molecular formula is C13H17N3O2S. The Labute approximate surface area is 116 Å². The van der Waals surface area contributed by atoms with E-state index in [2.05, 4.69) is 0 Å². The van der Waals surface area contributed by atoms with Crippen LogP contribution in [0.25, 0.3) is 0 Å². The highest BCUT2D eigenvalue weighted by Crippen LogP contribution is 2.26. The van der Waals surface area contributed by atoms with Crippen LogP contribution in [0.15, 0.2) is 23.1 Å². The Morgan fingerprint density at radius 3 is 2.53 bits per heavy atom. The molecule has 1 aromatic rings. The molecule has 4 N–H and O–H groups in total. The summed E-state index contributed by atoms with van der Waals surface area (Å²) in [5, 5.41) is 0. The maximum absolute atomic E-state index is 11.9. The number of anilines is 1. The number of hydrogen-bond donors (Lipinski definition) is 2. The van der Waals surface area contributed by atoms with E-state index in [-0.39, 0.29) is 5.91 Å². The Balaban J connectivity index is 1.95. The van der Waals surface area contributed by atoms with Crippen LogP contribution < -0.4 is 11.5 Å². The van der Waals surface area contributed by atoms with E-state index < -0.39 is 5.91 Å². The number of carbonyl (C=O) groups excluding carboxylic acids is 2. The molecule has 0 radical (unpaired) electrons. The first-order valence-electron chi connectivity index (χ1n) is 6.18. The van der Waals surface area contributed by atoms with Crippen molar-refractivity contribution in [3.63, 3.8) is 0 Å². The molecule has 1 saturated heterocycles. The molecular weight excluding hydrogens is 262 g/mol. The number of nitrogens with two attached hydrogens (primary N) is 2. The zero-order chi connectivity index (χ0) is 13.8. The summed E-state index contributed by atoms with van der Waals surface area (Å²) in [6.45, 7) is 1.71. The fourth-order valence-corrected chi connectivity index (χ4v) is 2.88. The van der Waals surface area contributed by atoms with Gasteiger partial charge in [-0.2, -0.15) is 0 Å². The first-order chi connectivity index (χ1) is 9.08. The summed E-state index contributed by atoms with van der Waals surface area (Å²) in [6, 6.07) is 4.91. The SMILES string of the molecule is NC(=O)c1ccc(SCC(=O)N2CCCC2)c(N)c1. The van der Waals surface area contributed by atoms with Crippen molar-refractivity contribution in [2.45, 2.75) is 17.7 Å². The molecule has 2 rings (SSSR count). The van der Waals surface area contributed by atoms with Gasteiger partial charge in [-0.3, -0.25) is 9.59 Å². The molecule has 1 heterocycles. The van der Waals surface area contributed by atoms with Crippen LogP contribution in [0.2, 0.25) is 0 Å². The van der Waals surface area contributed by atoms with E-state index >= 15 is 0 Å². The number of hydrogen-bond acceptors (Lipinski definition) is 4. The summed E-state index contributed by atoms with van der Waals surface area (Å²) in [7, 11) is 0. The monoisotopic (exact) mass is 279 g/mol. The van der Waals surface area contributed by atoms with Crippen LogP contribution in [-0.4, -0.2) is 35.6 Å². The Hall–Kier alpha value is -1.69. The van der Waals surface area contributed by atoms with Crippen molar-refractivity contribution >= 4 is 29.3 Å². The van der Waals surface area contributed by atoms with Crippen molar-refractivity contribution in [3.05, 3.63) is 23.8 Å². The van der Waals surface area contributed by atoms with Crippen LogP contribution in [0.5, 0.6) is 0 Å². The predicted octanol–water partition coefficient (Wildman–Crippen LogP) is 1.08. The van der Waals surface area contributed by atoms with E-state index in [9.17, 15) is 9.59 Å². The summed E-state index contributed by atoms with van der Waals surface area (Å²) in [4.78, 5) is 25.6. The molecule has 102 valence electrons. The number of likely N-dealkylation sites (tertiary alicyclic amines) is 1. The van der Waals surface area contributed by atoms with Crippen molar-refractivity contribution in [1.82, 2.24) is 4.90 Å². The van der Waals surface area contributed by atoms with Gasteiger partial charge in [0.05, 0.1) is 5.75 Å². The second-order valence-electron chi connectivity index (χ2n) is 4.49. The Morgan fingerprint density at radius 1 is 1.26 bits per heavy atom. The Kier molecular flexibility index (Phi) is 4.31. The number of nitrogen functional groups attached to an aromatic ring is 1. The molecule has 1 aromatic carbocycles. The van der Waals surface area contributed by atoms with E-state index in [1.165, 1.54) is 11.8 Å². The van der Waals surface area contributed by atoms with Gasteiger partial charge in [0.25, 0.3) is 0 Å². The number of thioether (sulfide) groups is 1. The zero-order valence-corrected chi connectivity index (χ0v) is 11.4. The lowest BCUT2D eigenvalue weighted by Crippen LogP contribution is -2.29. The molecule has 0 saturated carbocycles. The Morgan fingerprint density at radius 2 is 1.95 bits per heavy atom. The summed E-state index contributed by atoms with van der Waals surface area (Å²) >= 11 is 1.39. The number of primary amides is 1. The standard InChI is InChI=1S/C13H17N3O2S/c14-10-7-9(13(15)18)3-4-11(10)19-8-12(17)16-5-1-2-6-16/h3-4,7H,1-2,5-6,8,14H2,(H2,15,18). The molecule has 0 aliphatic carbocycles. The third kappa shape index (κ3) is 3.41. The molecule has 6 heteroatoms. The van der Waals surface area contributed by atoms with E-state index in [0.29, 0.717) is 17.0 Å². The molecule has 0 bridgehead atoms. The number of rotatable bonds is 4. The molecule has 2 amide bonds. The highest BCUT2D eigenvalue weighted by molar-refractivity contribution is 8.00. The quantitative estimate of drug-likeness (QED) is 0.637. The lowest BCUT2D eigenvalue weighted by Gasteiger charge is -2.15. The minimum atomic E-state index is -0.503. The van der Waals surface area contributed by atoms with Crippen molar-refractivity contribution in [2.24, 2.45) is 5.73 Å². The molecule has 19 heavy (non-hydrogen) atoms. The van der Waals surface area contributed by atoms with Crippen LogP contribution in [-0.2, 0) is 4.79 Å². The van der Waals surface area contributed by atoms with Gasteiger partial charge in [0, 0.05) is 29.2 Å². The molecule has 0 aromatic heterocycles. The van der Waals surface area contributed by atoms with Gasteiger partial charge in [-0.1, -0.05) is 0 Å². The average Bonchev–Trinajstić information content (AvgIpc) is 2.90. The van der Waals surface area contributed by atoms with E-state index in [4.69, 9.17) is 11.5 Å². The topological polar surface area (TPSA) is 89.4 Å². The van der Waals surface area contributed by atoms with E-state index in [1.807, 2.05) is 4.90 Å². The van der Waals surface area contributed by atoms with Gasteiger partial charge in [-0.05, 0) is 31.0 Å². The van der Waals surface area contributed by atoms with Gasteiger partial charge in [0.1, 0.15) is 0 Å². The van der Waals surface area contributed by atoms with Crippen molar-refractivity contribution in [2.75, 3.05) is 24.6 Å². The average molecular weight is 279 g/mol. The van der Waals surface area contributed by atoms with Gasteiger partial charge >= 0.3 is 0 Å². The molecule has 0 atom stereocenters. The predicted molar refractivity (Wildman–Crippen MR) is 75.9 cm³/mol. The molecule has 1 aliphatic rings. The van der Waals surface area contributed by atoms with Gasteiger partial charge in [0.2, 0.25) is 11.8 Å². The number of benzene rings is 1. The first-order valence-corrected chi connectivity index (χ1v) is 7.16. The van der Waals surface area contributed by atoms with Crippen LogP contribution >= 0.6 is 11.8 Å². The Bertz CT molecular complexity index is 499. The fraction of sp³-hybridized carbons (Fsp3) is 0.385. The van der Waals surface area contributed by atoms with E-state index in [0.717, 1.165) is 30.8 Å². The van der Waals surface area contributed by atoms with Crippen molar-refractivity contribution in [1.29, 1.82) is 0 Å². The lowest BCUT2D eigenvalue weighted by molar-refractivity contribution is -0.127. The second kappa shape index (κ2) is 5.97. The zero-order valence-electron chi connectivity index (χ0n) is 10.6. The first kappa shape index (κ1) is 13.7. The van der Waals surface area contributed by atoms with Gasteiger partial charge in [-0.25, -0.2) is 0 Å². The molecule has 1 aliphatic heterocycles. The van der Waals surface area contributed by atoms with Crippen LogP contribution in [0.3, 0.4) is 0 Å². The van der Waals surface area contributed by atoms with E-state index in [1.54, 1.807) is 18.2 Å². The maximum atomic E-state index is 11.9. The van der Waals surface area contributed by atoms with Crippen LogP contribution in [0.4, 0.5) is 5.69 Å². The van der Waals surface area contributed by atoms with Gasteiger partial charge < -0.3 is 16.4 Å². The summed E-state index contributed by atoms with van der Waals surface area (Å²) in [6.07, 6.45) is 2.18. The summed E-state index contributed by atoms with van der Waals surface area (Å²) in [5.41, 5.74) is 11.9. The molecule has 0 unspecified atom stereocenters. The molecule has 5 nitrogen and oxygen atoms in total. The van der Waals surface area contributed by atoms with Gasteiger partial charge in [0.15, 0.2) is 0 Å². The molecule has 0 spiro atoms. The number of carbonyl (C=O) groups is 2. The van der Waals surface area contributed by atoms with Crippen LogP contribution in [0.1, 0.15) is 23.2 Å². The normalized spacial score (nSPS) is 14.6. The largest absolute Gasteiger partial charge is 0.398 e. The third-order valence-corrected chi connectivity index (χ3v) is 4.18.